The summed E-state index contributed by atoms with van der Waals surface area (Å²) in [6, 6.07) is 5.06. The maximum absolute atomic E-state index is 13.0. The number of amidine groups is 1. The van der Waals surface area contributed by atoms with Gasteiger partial charge in [0.15, 0.2) is 5.17 Å². The molecule has 1 atom stereocenters. The molecule has 0 saturated heterocycles. The second kappa shape index (κ2) is 9.84. The van der Waals surface area contributed by atoms with Crippen LogP contribution in [0.3, 0.4) is 0 Å². The van der Waals surface area contributed by atoms with Crippen LogP contribution >= 0.6 is 23.4 Å². The van der Waals surface area contributed by atoms with Crippen LogP contribution in [0.4, 0.5) is 18.0 Å². The molecule has 178 valence electrons. The van der Waals surface area contributed by atoms with E-state index in [4.69, 9.17) is 16.3 Å². The summed E-state index contributed by atoms with van der Waals surface area (Å²) >= 11 is 7.48. The number of carbonyl (C=O) groups is 1. The molecular weight excluding hydrogens is 479 g/mol. The van der Waals surface area contributed by atoms with Crippen molar-refractivity contribution in [3.8, 4) is 0 Å². The Kier molecular flexibility index (Phi) is 7.08. The number of nitrogens with one attached hydrogen (secondary N) is 1. The number of aryl methyl sites for hydroxylation is 1. The second-order valence-electron chi connectivity index (χ2n) is 7.86. The number of ether oxygens (including phenoxy) is 1. The maximum Gasteiger partial charge on any atom is 0.416 e. The first-order chi connectivity index (χ1) is 15.7. The minimum absolute atomic E-state index is 0.0279. The Morgan fingerprint density at radius 1 is 1.30 bits per heavy atom. The van der Waals surface area contributed by atoms with Gasteiger partial charge in [-0.3, -0.25) is 9.67 Å². The normalized spacial score (nSPS) is 17.2. The molecule has 4 rings (SSSR count). The lowest BCUT2D eigenvalue weighted by molar-refractivity contribution is -0.137. The van der Waals surface area contributed by atoms with Crippen molar-refractivity contribution in [3.05, 3.63) is 51.8 Å². The van der Waals surface area contributed by atoms with Gasteiger partial charge in [-0.15, -0.1) is 0 Å². The Morgan fingerprint density at radius 2 is 2.12 bits per heavy atom. The summed E-state index contributed by atoms with van der Waals surface area (Å²) in [6.45, 7) is 3.94. The Morgan fingerprint density at radius 3 is 2.85 bits per heavy atom. The Labute approximate surface area is 198 Å². The molecule has 1 N–H and O–H groups in total. The molecule has 2 aliphatic heterocycles. The highest BCUT2D eigenvalue weighted by Gasteiger charge is 2.31. The minimum Gasteiger partial charge on any atom is -0.445 e. The first-order valence-corrected chi connectivity index (χ1v) is 11.8. The molecule has 1 aromatic heterocycles. The Hall–Kier alpha value is -2.40. The minimum atomic E-state index is -4.53. The van der Waals surface area contributed by atoms with Gasteiger partial charge >= 0.3 is 12.3 Å². The van der Waals surface area contributed by atoms with Crippen molar-refractivity contribution in [1.29, 1.82) is 0 Å². The third kappa shape index (κ3) is 5.94. The van der Waals surface area contributed by atoms with Crippen molar-refractivity contribution in [3.63, 3.8) is 0 Å². The molecule has 0 spiro atoms. The molecule has 2 aromatic rings. The lowest BCUT2D eigenvalue weighted by Crippen LogP contribution is -2.31. The van der Waals surface area contributed by atoms with Gasteiger partial charge in [0.25, 0.3) is 0 Å². The smallest absolute Gasteiger partial charge is 0.416 e. The number of aromatic nitrogens is 2. The molecule has 0 saturated carbocycles. The van der Waals surface area contributed by atoms with Crippen molar-refractivity contribution in [2.75, 3.05) is 18.8 Å². The topological polar surface area (TPSA) is 71.8 Å². The van der Waals surface area contributed by atoms with Gasteiger partial charge in [0.1, 0.15) is 6.61 Å². The number of thioether (sulfide) groups is 1. The summed E-state index contributed by atoms with van der Waals surface area (Å²) in [5.41, 5.74) is 1.03. The van der Waals surface area contributed by atoms with Gasteiger partial charge in [0.2, 0.25) is 0 Å². The van der Waals surface area contributed by atoms with Gasteiger partial charge in [-0.05, 0) is 43.2 Å². The van der Waals surface area contributed by atoms with Crippen LogP contribution in [-0.4, -0.2) is 44.8 Å². The first kappa shape index (κ1) is 23.7. The fourth-order valence-electron chi connectivity index (χ4n) is 3.67. The van der Waals surface area contributed by atoms with Crippen LogP contribution in [-0.2, 0) is 30.6 Å². The van der Waals surface area contributed by atoms with Crippen molar-refractivity contribution >= 4 is 34.6 Å². The zero-order chi connectivity index (χ0) is 23.6. The van der Waals surface area contributed by atoms with Crippen molar-refractivity contribution < 1.29 is 22.7 Å². The molecule has 12 heteroatoms. The molecular formula is C21H23ClF3N5O2S. The highest BCUT2D eigenvalue weighted by atomic mass is 35.5. The second-order valence-corrected chi connectivity index (χ2v) is 9.38. The number of hydrogen-bond acceptors (Lipinski definition) is 6. The average Bonchev–Trinajstić information content (AvgIpc) is 3.36. The fourth-order valence-corrected chi connectivity index (χ4v) is 4.74. The number of fused-ring (bicyclic) bond motifs is 1. The summed E-state index contributed by atoms with van der Waals surface area (Å²) in [6.07, 6.45) is -4.44. The largest absolute Gasteiger partial charge is 0.445 e. The number of halogens is 4. The zero-order valence-electron chi connectivity index (χ0n) is 17.9. The quantitative estimate of drug-likeness (QED) is 0.648. The van der Waals surface area contributed by atoms with Crippen LogP contribution in [0, 0.1) is 0 Å². The molecule has 0 bridgehead atoms. The molecule has 1 unspecified atom stereocenters. The van der Waals surface area contributed by atoms with E-state index in [1.54, 1.807) is 11.8 Å². The van der Waals surface area contributed by atoms with E-state index in [-0.39, 0.29) is 23.2 Å². The predicted molar refractivity (Wildman–Crippen MR) is 120 cm³/mol. The van der Waals surface area contributed by atoms with E-state index >= 15 is 0 Å². The summed E-state index contributed by atoms with van der Waals surface area (Å²) in [5.74, 6) is 0.971. The van der Waals surface area contributed by atoms with Crippen LogP contribution in [0.2, 0.25) is 5.02 Å². The van der Waals surface area contributed by atoms with Gasteiger partial charge in [0, 0.05) is 23.9 Å². The summed E-state index contributed by atoms with van der Waals surface area (Å²) in [4.78, 5) is 18.6. The van der Waals surface area contributed by atoms with Crippen LogP contribution in [0.15, 0.2) is 29.3 Å². The van der Waals surface area contributed by atoms with Crippen LogP contribution < -0.4 is 5.32 Å². The first-order valence-electron chi connectivity index (χ1n) is 10.5. The van der Waals surface area contributed by atoms with Gasteiger partial charge in [-0.1, -0.05) is 23.4 Å². The van der Waals surface area contributed by atoms with Gasteiger partial charge < -0.3 is 15.0 Å². The summed E-state index contributed by atoms with van der Waals surface area (Å²) in [5, 5.41) is 8.87. The molecule has 1 amide bonds. The summed E-state index contributed by atoms with van der Waals surface area (Å²) < 4.78 is 46.2. The molecule has 7 nitrogen and oxygen atoms in total. The highest BCUT2D eigenvalue weighted by Crippen LogP contribution is 2.32. The van der Waals surface area contributed by atoms with E-state index in [2.05, 4.69) is 15.4 Å². The monoisotopic (exact) mass is 501 g/mol. The molecule has 1 aromatic carbocycles. The van der Waals surface area contributed by atoms with Crippen LogP contribution in [0.1, 0.15) is 41.9 Å². The maximum atomic E-state index is 13.0. The third-order valence-corrected chi connectivity index (χ3v) is 6.43. The number of hydrogen-bond donors (Lipinski definition) is 1. The number of nitrogens with zero attached hydrogens (tertiary/aromatic N) is 4. The van der Waals surface area contributed by atoms with E-state index in [0.717, 1.165) is 41.0 Å². The molecule has 0 fully saturated rings. The average molecular weight is 502 g/mol. The van der Waals surface area contributed by atoms with Crippen molar-refractivity contribution in [2.45, 2.75) is 45.3 Å². The van der Waals surface area contributed by atoms with E-state index in [1.165, 1.54) is 11.0 Å². The zero-order valence-corrected chi connectivity index (χ0v) is 19.4. The van der Waals surface area contributed by atoms with E-state index in [0.29, 0.717) is 26.1 Å². The highest BCUT2D eigenvalue weighted by molar-refractivity contribution is 8.14. The Bertz CT molecular complexity index is 1060. The van der Waals surface area contributed by atoms with E-state index in [9.17, 15) is 18.0 Å². The van der Waals surface area contributed by atoms with E-state index in [1.807, 2.05) is 17.7 Å². The van der Waals surface area contributed by atoms with Gasteiger partial charge in [-0.25, -0.2) is 4.79 Å². The number of alkyl halides is 3. The third-order valence-electron chi connectivity index (χ3n) is 5.31. The van der Waals surface area contributed by atoms with Crippen molar-refractivity contribution in [2.24, 2.45) is 4.99 Å². The Balaban J connectivity index is 1.39. The van der Waals surface area contributed by atoms with E-state index < -0.39 is 17.8 Å². The number of amides is 1. The molecule has 0 aliphatic carbocycles. The molecule has 3 heterocycles. The van der Waals surface area contributed by atoms with Gasteiger partial charge in [0.05, 0.1) is 36.1 Å². The molecule has 0 radical (unpaired) electrons. The van der Waals surface area contributed by atoms with Crippen LogP contribution in [0.5, 0.6) is 0 Å². The SMILES string of the molecule is CC(NC1=NCCS1)c1cc2n(n1)CCCN(C(=O)OCc1cc(Cl)cc(C(F)(F)F)c1)C2. The lowest BCUT2D eigenvalue weighted by atomic mass is 10.1. The number of carbonyl (C=O) groups excluding carboxylic acids is 1. The number of aliphatic imine (C=N–C) groups is 1. The molecule has 2 aliphatic rings. The van der Waals surface area contributed by atoms with Crippen molar-refractivity contribution in [1.82, 2.24) is 20.0 Å². The number of rotatable bonds is 4. The lowest BCUT2D eigenvalue weighted by Gasteiger charge is -2.20. The number of benzene rings is 1. The van der Waals surface area contributed by atoms with Crippen LogP contribution in [0.25, 0.3) is 0 Å². The van der Waals surface area contributed by atoms with Gasteiger partial charge in [-0.2, -0.15) is 18.3 Å². The summed E-state index contributed by atoms with van der Waals surface area (Å²) in [7, 11) is 0. The predicted octanol–water partition coefficient (Wildman–Crippen LogP) is 4.85. The fraction of sp³-hybridized carbons (Fsp3) is 0.476. The standard InChI is InChI=1S/C21H23ClF3N5O2S/c1-13(27-19-26-3-6-33-19)18-10-17-11-29(4-2-5-30(17)28-18)20(31)32-12-14-7-15(21(23,24)25)9-16(22)8-14/h7-10,13H,2-6,11-12H2,1H3,(H,26,27). The molecule has 33 heavy (non-hydrogen) atoms.